The van der Waals surface area contributed by atoms with Crippen LogP contribution < -0.4 is 9.04 Å². The van der Waals surface area contributed by atoms with Crippen LogP contribution in [0.1, 0.15) is 42.3 Å². The number of pyridine rings is 1. The van der Waals surface area contributed by atoms with Crippen molar-refractivity contribution in [1.82, 2.24) is 4.98 Å². The minimum absolute atomic E-state index is 0.139. The summed E-state index contributed by atoms with van der Waals surface area (Å²) in [5, 5.41) is 10.4. The number of aryl methyl sites for hydroxylation is 1. The van der Waals surface area contributed by atoms with Crippen LogP contribution in [0.5, 0.6) is 5.75 Å². The number of hydrogen-bond acceptors (Lipinski definition) is 5. The molecule has 0 bridgehead atoms. The maximum atomic E-state index is 13.3. The molecule has 7 nitrogen and oxygen atoms in total. The van der Waals surface area contributed by atoms with Crippen molar-refractivity contribution in [2.45, 2.75) is 37.3 Å². The summed E-state index contributed by atoms with van der Waals surface area (Å²) in [6, 6.07) is 22.3. The number of hydrogen-bond donors (Lipinski definition) is 1. The summed E-state index contributed by atoms with van der Waals surface area (Å²) in [7, 11) is -3.88. The minimum Gasteiger partial charge on any atom is -0.486 e. The number of benzene rings is 3. The Hall–Kier alpha value is -3.91. The third kappa shape index (κ3) is 4.10. The van der Waals surface area contributed by atoms with Gasteiger partial charge in [-0.25, -0.2) is 8.42 Å². The number of para-hydroxylation sites is 1. The van der Waals surface area contributed by atoms with Gasteiger partial charge in [-0.05, 0) is 61.9 Å². The van der Waals surface area contributed by atoms with Gasteiger partial charge in [0.05, 0.1) is 28.6 Å². The number of nitrogens with zero attached hydrogens (tertiary/aromatic N) is 2. The number of carbonyl (C=O) groups is 1. The molecule has 0 aliphatic carbocycles. The number of aromatic nitrogens is 1. The van der Waals surface area contributed by atoms with Crippen LogP contribution >= 0.6 is 0 Å². The molecule has 2 atom stereocenters. The SMILES string of the molecule is Cc1cc(C(C)Oc2ccc(N3C(CC(=O)O)c4ccccc4S3(=O)=O)cc2)c2ccccc2n1. The fraction of sp³-hybridized carbons (Fsp3) is 0.185. The lowest BCUT2D eigenvalue weighted by Crippen LogP contribution is -2.29. The smallest absolute Gasteiger partial charge is 0.305 e. The van der Waals surface area contributed by atoms with E-state index in [0.29, 0.717) is 17.0 Å². The van der Waals surface area contributed by atoms with E-state index >= 15 is 0 Å². The van der Waals surface area contributed by atoms with Gasteiger partial charge in [-0.15, -0.1) is 0 Å². The highest BCUT2D eigenvalue weighted by atomic mass is 32.2. The zero-order chi connectivity index (χ0) is 24.7. The fourth-order valence-electron chi connectivity index (χ4n) is 4.68. The van der Waals surface area contributed by atoms with E-state index < -0.39 is 22.0 Å². The fourth-order valence-corrected chi connectivity index (χ4v) is 6.57. The van der Waals surface area contributed by atoms with Crippen LogP contribution in [-0.4, -0.2) is 24.5 Å². The molecular formula is C27H24N2O5S. The molecule has 8 heteroatoms. The highest BCUT2D eigenvalue weighted by Crippen LogP contribution is 2.44. The Kier molecular flexibility index (Phi) is 5.68. The third-order valence-electron chi connectivity index (χ3n) is 6.18. The van der Waals surface area contributed by atoms with Crippen LogP contribution in [0.4, 0.5) is 5.69 Å². The van der Waals surface area contributed by atoms with Crippen LogP contribution in [0.25, 0.3) is 10.9 Å². The van der Waals surface area contributed by atoms with Crippen LogP contribution in [0, 0.1) is 6.92 Å². The zero-order valence-corrected chi connectivity index (χ0v) is 20.1. The molecule has 35 heavy (non-hydrogen) atoms. The summed E-state index contributed by atoms with van der Waals surface area (Å²) in [6.45, 7) is 3.90. The van der Waals surface area contributed by atoms with Crippen LogP contribution in [-0.2, 0) is 14.8 Å². The lowest BCUT2D eigenvalue weighted by molar-refractivity contribution is -0.137. The molecule has 3 aromatic carbocycles. The van der Waals surface area contributed by atoms with Crippen molar-refractivity contribution in [3.05, 3.63) is 95.7 Å². The monoisotopic (exact) mass is 488 g/mol. The highest BCUT2D eigenvalue weighted by Gasteiger charge is 2.43. The largest absolute Gasteiger partial charge is 0.486 e. The number of carboxylic acids is 1. The molecular weight excluding hydrogens is 464 g/mol. The molecule has 0 radical (unpaired) electrons. The Balaban J connectivity index is 1.45. The molecule has 1 N–H and O–H groups in total. The van der Waals surface area contributed by atoms with Crippen molar-refractivity contribution in [3.63, 3.8) is 0 Å². The van der Waals surface area contributed by atoms with E-state index in [1.807, 2.05) is 44.2 Å². The van der Waals surface area contributed by atoms with E-state index in [2.05, 4.69) is 4.98 Å². The van der Waals surface area contributed by atoms with Crippen LogP contribution in [0.2, 0.25) is 0 Å². The van der Waals surface area contributed by atoms with Gasteiger partial charge in [-0.2, -0.15) is 0 Å². The molecule has 0 saturated carbocycles. The molecule has 4 aromatic rings. The summed E-state index contributed by atoms with van der Waals surface area (Å²) in [5.74, 6) is -0.496. The molecule has 2 unspecified atom stereocenters. The summed E-state index contributed by atoms with van der Waals surface area (Å²) in [6.07, 6.45) is -0.605. The van der Waals surface area contributed by atoms with E-state index in [1.165, 1.54) is 10.4 Å². The molecule has 0 saturated heterocycles. The maximum absolute atomic E-state index is 13.3. The molecule has 2 heterocycles. The third-order valence-corrected chi connectivity index (χ3v) is 8.09. The average molecular weight is 489 g/mol. The average Bonchev–Trinajstić information content (AvgIpc) is 3.05. The van der Waals surface area contributed by atoms with E-state index in [9.17, 15) is 18.3 Å². The van der Waals surface area contributed by atoms with E-state index in [4.69, 9.17) is 4.74 Å². The first-order valence-electron chi connectivity index (χ1n) is 11.2. The second-order valence-electron chi connectivity index (χ2n) is 8.58. The predicted octanol–water partition coefficient (Wildman–Crippen LogP) is 5.41. The number of ether oxygens (including phenoxy) is 1. The molecule has 178 valence electrons. The molecule has 0 fully saturated rings. The normalized spacial score (nSPS) is 17.2. The second kappa shape index (κ2) is 8.70. The standard InChI is InChI=1S/C27H24N2O5S/c1-17-15-23(21-7-3-5-9-24(21)28-17)18(2)34-20-13-11-19(12-14-20)29-25(16-27(30)31)22-8-4-6-10-26(22)35(29,32)33/h3-15,18,25H,16H2,1-2H3,(H,30,31). The lowest BCUT2D eigenvalue weighted by Gasteiger charge is -2.25. The van der Waals surface area contributed by atoms with Crippen molar-refractivity contribution in [1.29, 1.82) is 0 Å². The zero-order valence-electron chi connectivity index (χ0n) is 19.3. The second-order valence-corrected chi connectivity index (χ2v) is 10.4. The van der Waals surface area contributed by atoms with E-state index in [1.54, 1.807) is 42.5 Å². The summed E-state index contributed by atoms with van der Waals surface area (Å²) in [4.78, 5) is 16.3. The van der Waals surface area contributed by atoms with Gasteiger partial charge in [-0.1, -0.05) is 36.4 Å². The summed E-state index contributed by atoms with van der Waals surface area (Å²) < 4.78 is 33.9. The topological polar surface area (TPSA) is 96.8 Å². The Morgan fingerprint density at radius 1 is 1.06 bits per heavy atom. The molecule has 1 aliphatic heterocycles. The molecule has 0 spiro atoms. The lowest BCUT2D eigenvalue weighted by atomic mass is 10.0. The van der Waals surface area contributed by atoms with Crippen LogP contribution in [0.15, 0.2) is 83.8 Å². The number of fused-ring (bicyclic) bond motifs is 2. The number of sulfonamides is 1. The quantitative estimate of drug-likeness (QED) is 0.390. The number of anilines is 1. The van der Waals surface area contributed by atoms with Gasteiger partial charge >= 0.3 is 5.97 Å². The van der Waals surface area contributed by atoms with Gasteiger partial charge in [0.1, 0.15) is 11.9 Å². The first kappa shape index (κ1) is 22.9. The number of rotatable bonds is 6. The minimum atomic E-state index is -3.88. The van der Waals surface area contributed by atoms with Crippen molar-refractivity contribution >= 4 is 32.6 Å². The van der Waals surface area contributed by atoms with Crippen molar-refractivity contribution in [3.8, 4) is 5.75 Å². The Morgan fingerprint density at radius 2 is 1.74 bits per heavy atom. The summed E-state index contributed by atoms with van der Waals surface area (Å²) in [5.41, 5.74) is 3.68. The molecule has 1 aliphatic rings. The first-order valence-corrected chi connectivity index (χ1v) is 12.7. The van der Waals surface area contributed by atoms with Gasteiger partial charge < -0.3 is 9.84 Å². The van der Waals surface area contributed by atoms with Gasteiger partial charge in [-0.3, -0.25) is 14.1 Å². The Labute approximate surface area is 203 Å². The molecule has 0 amide bonds. The highest BCUT2D eigenvalue weighted by molar-refractivity contribution is 7.93. The predicted molar refractivity (Wildman–Crippen MR) is 133 cm³/mol. The van der Waals surface area contributed by atoms with Crippen molar-refractivity contribution in [2.75, 3.05) is 4.31 Å². The first-order chi connectivity index (χ1) is 16.8. The number of carboxylic acid groups (broad SMARTS) is 1. The molecule has 5 rings (SSSR count). The van der Waals surface area contributed by atoms with E-state index in [0.717, 1.165) is 22.2 Å². The maximum Gasteiger partial charge on any atom is 0.305 e. The van der Waals surface area contributed by atoms with Gasteiger partial charge in [0.15, 0.2) is 0 Å². The Bertz CT molecular complexity index is 1530. The Morgan fingerprint density at radius 3 is 2.49 bits per heavy atom. The van der Waals surface area contributed by atoms with Crippen molar-refractivity contribution in [2.24, 2.45) is 0 Å². The van der Waals surface area contributed by atoms with Gasteiger partial charge in [0, 0.05) is 16.6 Å². The van der Waals surface area contributed by atoms with Crippen LogP contribution in [0.3, 0.4) is 0 Å². The van der Waals surface area contributed by atoms with E-state index in [-0.39, 0.29) is 17.4 Å². The molecule has 1 aromatic heterocycles. The van der Waals surface area contributed by atoms with Gasteiger partial charge in [0.2, 0.25) is 0 Å². The van der Waals surface area contributed by atoms with Crippen molar-refractivity contribution < 1.29 is 23.1 Å². The number of aliphatic carboxylic acids is 1. The summed E-state index contributed by atoms with van der Waals surface area (Å²) >= 11 is 0. The van der Waals surface area contributed by atoms with Gasteiger partial charge in [0.25, 0.3) is 10.0 Å².